The topological polar surface area (TPSA) is 12.0 Å². The molecule has 0 aromatic carbocycles. The van der Waals surface area contributed by atoms with E-state index in [0.717, 1.165) is 0 Å². The molecule has 0 spiro atoms. The van der Waals surface area contributed by atoms with Crippen molar-refractivity contribution in [2.75, 3.05) is 12.8 Å². The number of hydrogen-bond donors (Lipinski definition) is 1. The Kier molecular flexibility index (Phi) is 2.64. The van der Waals surface area contributed by atoms with Crippen molar-refractivity contribution in [3.63, 3.8) is 0 Å². The highest BCUT2D eigenvalue weighted by molar-refractivity contribution is 7.99. The molecule has 0 saturated carbocycles. The SMILES string of the molecule is CNC1CC(C)(C)CCS1. The summed E-state index contributed by atoms with van der Waals surface area (Å²) >= 11 is 2.05. The van der Waals surface area contributed by atoms with Crippen molar-refractivity contribution in [2.45, 2.75) is 32.1 Å². The number of nitrogens with one attached hydrogen (secondary N) is 1. The van der Waals surface area contributed by atoms with Gasteiger partial charge < -0.3 is 5.32 Å². The van der Waals surface area contributed by atoms with Crippen molar-refractivity contribution >= 4 is 11.8 Å². The van der Waals surface area contributed by atoms with Crippen LogP contribution in [0.1, 0.15) is 26.7 Å². The van der Waals surface area contributed by atoms with Gasteiger partial charge in [-0.25, -0.2) is 0 Å². The first-order valence-electron chi connectivity index (χ1n) is 3.93. The smallest absolute Gasteiger partial charge is 0.0534 e. The lowest BCUT2D eigenvalue weighted by Gasteiger charge is -2.34. The van der Waals surface area contributed by atoms with E-state index in [1.165, 1.54) is 18.6 Å². The van der Waals surface area contributed by atoms with Crippen LogP contribution in [0.25, 0.3) is 0 Å². The van der Waals surface area contributed by atoms with Gasteiger partial charge in [-0.1, -0.05) is 13.8 Å². The van der Waals surface area contributed by atoms with E-state index in [4.69, 9.17) is 0 Å². The molecule has 1 aliphatic heterocycles. The molecule has 0 bridgehead atoms. The fraction of sp³-hybridized carbons (Fsp3) is 1.00. The third kappa shape index (κ3) is 2.17. The van der Waals surface area contributed by atoms with E-state index in [1.54, 1.807) is 0 Å². The number of thioether (sulfide) groups is 1. The molecular formula is C8H17NS. The van der Waals surface area contributed by atoms with Gasteiger partial charge in [-0.15, -0.1) is 11.8 Å². The van der Waals surface area contributed by atoms with Crippen molar-refractivity contribution in [1.29, 1.82) is 0 Å². The van der Waals surface area contributed by atoms with Gasteiger partial charge in [-0.3, -0.25) is 0 Å². The Morgan fingerprint density at radius 1 is 1.50 bits per heavy atom. The van der Waals surface area contributed by atoms with Crippen molar-refractivity contribution in [3.8, 4) is 0 Å². The van der Waals surface area contributed by atoms with Crippen LogP contribution < -0.4 is 5.32 Å². The molecule has 1 rings (SSSR count). The molecule has 1 nitrogen and oxygen atoms in total. The van der Waals surface area contributed by atoms with Gasteiger partial charge in [0.15, 0.2) is 0 Å². The molecule has 0 amide bonds. The van der Waals surface area contributed by atoms with Gasteiger partial charge >= 0.3 is 0 Å². The zero-order valence-corrected chi connectivity index (χ0v) is 7.92. The average Bonchev–Trinajstić information content (AvgIpc) is 1.86. The van der Waals surface area contributed by atoms with E-state index >= 15 is 0 Å². The normalized spacial score (nSPS) is 32.1. The molecule has 60 valence electrons. The maximum absolute atomic E-state index is 3.32. The fourth-order valence-corrected chi connectivity index (χ4v) is 3.02. The fourth-order valence-electron chi connectivity index (χ4n) is 1.33. The predicted molar refractivity (Wildman–Crippen MR) is 48.3 cm³/mol. The molecule has 1 saturated heterocycles. The standard InChI is InChI=1S/C8H17NS/c1-8(2)4-5-10-7(6-8)9-3/h7,9H,4-6H2,1-3H3. The first-order chi connectivity index (χ1) is 4.64. The Morgan fingerprint density at radius 3 is 2.60 bits per heavy atom. The minimum atomic E-state index is 0.568. The monoisotopic (exact) mass is 159 g/mol. The minimum Gasteiger partial charge on any atom is -0.308 e. The van der Waals surface area contributed by atoms with Crippen LogP contribution in [0.2, 0.25) is 0 Å². The summed E-state index contributed by atoms with van der Waals surface area (Å²) in [6, 6.07) is 0. The molecule has 1 unspecified atom stereocenters. The van der Waals surface area contributed by atoms with Crippen molar-refractivity contribution in [3.05, 3.63) is 0 Å². The van der Waals surface area contributed by atoms with Crippen LogP contribution in [0.3, 0.4) is 0 Å². The maximum Gasteiger partial charge on any atom is 0.0534 e. The number of hydrogen-bond acceptors (Lipinski definition) is 2. The lowest BCUT2D eigenvalue weighted by atomic mass is 9.86. The first kappa shape index (κ1) is 8.41. The molecule has 1 aliphatic rings. The van der Waals surface area contributed by atoms with Gasteiger partial charge in [-0.2, -0.15) is 0 Å². The average molecular weight is 159 g/mol. The predicted octanol–water partition coefficient (Wildman–Crippen LogP) is 2.09. The summed E-state index contributed by atoms with van der Waals surface area (Å²) in [6.07, 6.45) is 2.68. The molecule has 1 fully saturated rings. The van der Waals surface area contributed by atoms with E-state index in [1.807, 2.05) is 0 Å². The highest BCUT2D eigenvalue weighted by Crippen LogP contribution is 2.36. The van der Waals surface area contributed by atoms with Crippen molar-refractivity contribution in [1.82, 2.24) is 5.32 Å². The van der Waals surface area contributed by atoms with Gasteiger partial charge in [0.1, 0.15) is 0 Å². The summed E-state index contributed by atoms with van der Waals surface area (Å²) in [4.78, 5) is 0. The minimum absolute atomic E-state index is 0.568. The molecular weight excluding hydrogens is 142 g/mol. The zero-order chi connectivity index (χ0) is 7.61. The summed E-state index contributed by atoms with van der Waals surface area (Å²) in [7, 11) is 2.05. The summed E-state index contributed by atoms with van der Waals surface area (Å²) in [5.41, 5.74) is 0.568. The molecule has 0 aromatic rings. The van der Waals surface area contributed by atoms with Crippen LogP contribution in [-0.2, 0) is 0 Å². The largest absolute Gasteiger partial charge is 0.308 e. The Balaban J connectivity index is 2.40. The summed E-state index contributed by atoms with van der Waals surface area (Å²) in [5, 5.41) is 4.02. The summed E-state index contributed by atoms with van der Waals surface area (Å²) in [6.45, 7) is 4.72. The molecule has 0 aromatic heterocycles. The Morgan fingerprint density at radius 2 is 2.20 bits per heavy atom. The lowest BCUT2D eigenvalue weighted by molar-refractivity contribution is 0.301. The van der Waals surface area contributed by atoms with E-state index in [9.17, 15) is 0 Å². The van der Waals surface area contributed by atoms with Crippen LogP contribution in [0.15, 0.2) is 0 Å². The molecule has 1 atom stereocenters. The zero-order valence-electron chi connectivity index (χ0n) is 7.11. The quantitative estimate of drug-likeness (QED) is 0.628. The highest BCUT2D eigenvalue weighted by Gasteiger charge is 2.26. The van der Waals surface area contributed by atoms with E-state index in [-0.39, 0.29) is 0 Å². The second kappa shape index (κ2) is 3.14. The molecule has 1 heterocycles. The molecule has 1 N–H and O–H groups in total. The second-order valence-corrected chi connectivity index (χ2v) is 5.08. The second-order valence-electron chi connectivity index (χ2n) is 3.77. The Bertz CT molecular complexity index is 112. The van der Waals surface area contributed by atoms with Gasteiger partial charge in [0.25, 0.3) is 0 Å². The molecule has 10 heavy (non-hydrogen) atoms. The van der Waals surface area contributed by atoms with Crippen molar-refractivity contribution < 1.29 is 0 Å². The summed E-state index contributed by atoms with van der Waals surface area (Å²) < 4.78 is 0. The van der Waals surface area contributed by atoms with Crippen LogP contribution >= 0.6 is 11.8 Å². The number of rotatable bonds is 1. The van der Waals surface area contributed by atoms with Crippen molar-refractivity contribution in [2.24, 2.45) is 5.41 Å². The molecule has 0 aliphatic carbocycles. The highest BCUT2D eigenvalue weighted by atomic mass is 32.2. The van der Waals surface area contributed by atoms with Gasteiger partial charge in [0.2, 0.25) is 0 Å². The van der Waals surface area contributed by atoms with Crippen LogP contribution in [0, 0.1) is 5.41 Å². The van der Waals surface area contributed by atoms with E-state index in [0.29, 0.717) is 10.8 Å². The van der Waals surface area contributed by atoms with Crippen LogP contribution in [0.5, 0.6) is 0 Å². The van der Waals surface area contributed by atoms with Gasteiger partial charge in [0.05, 0.1) is 5.37 Å². The lowest BCUT2D eigenvalue weighted by Crippen LogP contribution is -2.33. The Hall–Kier alpha value is 0.310. The maximum atomic E-state index is 3.32. The van der Waals surface area contributed by atoms with Gasteiger partial charge in [-0.05, 0) is 31.1 Å². The van der Waals surface area contributed by atoms with Crippen LogP contribution in [0.4, 0.5) is 0 Å². The van der Waals surface area contributed by atoms with Crippen LogP contribution in [-0.4, -0.2) is 18.2 Å². The first-order valence-corrected chi connectivity index (χ1v) is 4.98. The third-order valence-electron chi connectivity index (χ3n) is 2.16. The Labute approximate surface area is 68.0 Å². The summed E-state index contributed by atoms with van der Waals surface area (Å²) in [5.74, 6) is 1.32. The van der Waals surface area contributed by atoms with Gasteiger partial charge in [0, 0.05) is 0 Å². The van der Waals surface area contributed by atoms with E-state index < -0.39 is 0 Å². The molecule has 0 radical (unpaired) electrons. The van der Waals surface area contributed by atoms with E-state index in [2.05, 4.69) is 38.0 Å². The third-order valence-corrected chi connectivity index (χ3v) is 3.40. The molecule has 2 heteroatoms.